The second-order valence-corrected chi connectivity index (χ2v) is 7.49. The molecule has 1 aromatic rings. The summed E-state index contributed by atoms with van der Waals surface area (Å²) in [5.41, 5.74) is 1.34. The smallest absolute Gasteiger partial charge is 0.152 e. The van der Waals surface area contributed by atoms with Gasteiger partial charge in [-0.05, 0) is 12.0 Å². The van der Waals surface area contributed by atoms with E-state index in [1.165, 1.54) is 82.6 Å². The quantitative estimate of drug-likeness (QED) is 0.161. The molecule has 0 radical (unpaired) electrons. The molecule has 0 bridgehead atoms. The first-order valence-corrected chi connectivity index (χ1v) is 11.2. The summed E-state index contributed by atoms with van der Waals surface area (Å²) in [6.45, 7) is 4.56. The molecular weight excluding hydrogens is 366 g/mol. The molecule has 0 aliphatic heterocycles. The molecule has 1 atom stereocenters. The molecule has 28 heavy (non-hydrogen) atoms. The van der Waals surface area contributed by atoms with Gasteiger partial charge in [-0.3, -0.25) is 5.32 Å². The Morgan fingerprint density at radius 2 is 1.36 bits per heavy atom. The molecule has 2 nitrogen and oxygen atoms in total. The van der Waals surface area contributed by atoms with Crippen LogP contribution >= 0.6 is 12.4 Å². The summed E-state index contributed by atoms with van der Waals surface area (Å²) in [7, 11) is 0. The van der Waals surface area contributed by atoms with Crippen LogP contribution in [-0.2, 0) is 4.74 Å². The van der Waals surface area contributed by atoms with E-state index in [9.17, 15) is 0 Å². The number of unbranched alkanes of at least 4 members (excludes halogenated alkanes) is 11. The summed E-state index contributed by atoms with van der Waals surface area (Å²) in [5.74, 6) is 2.76. The number of benzene rings is 1. The van der Waals surface area contributed by atoms with Crippen LogP contribution in [0.15, 0.2) is 30.3 Å². The maximum absolute atomic E-state index is 5.28. The van der Waals surface area contributed by atoms with Gasteiger partial charge >= 0.3 is 0 Å². The molecule has 0 spiro atoms. The summed E-state index contributed by atoms with van der Waals surface area (Å²) in [4.78, 5) is 0. The van der Waals surface area contributed by atoms with Gasteiger partial charge in [0.25, 0.3) is 0 Å². The third-order valence-electron chi connectivity index (χ3n) is 5.12. The van der Waals surface area contributed by atoms with Crippen molar-refractivity contribution in [2.24, 2.45) is 0 Å². The fourth-order valence-corrected chi connectivity index (χ4v) is 3.51. The molecule has 0 saturated heterocycles. The summed E-state index contributed by atoms with van der Waals surface area (Å²) in [6, 6.07) is 11.0. The maximum Gasteiger partial charge on any atom is 0.152 e. The minimum absolute atomic E-state index is 0. The molecule has 1 rings (SSSR count). The Bertz CT molecular complexity index is 494. The molecule has 1 N–H and O–H groups in total. The Kier molecular flexibility index (Phi) is 19.7. The highest BCUT2D eigenvalue weighted by atomic mass is 35.5. The highest BCUT2D eigenvalue weighted by Gasteiger charge is 2.10. The van der Waals surface area contributed by atoms with Crippen LogP contribution in [0.5, 0.6) is 0 Å². The van der Waals surface area contributed by atoms with Crippen LogP contribution in [0.25, 0.3) is 0 Å². The monoisotopic (exact) mass is 407 g/mol. The fraction of sp³-hybridized carbons (Fsp3) is 0.680. The van der Waals surface area contributed by atoms with Crippen molar-refractivity contribution < 1.29 is 4.74 Å². The van der Waals surface area contributed by atoms with Gasteiger partial charge < -0.3 is 4.74 Å². The molecular formula is C25H42ClNO. The van der Waals surface area contributed by atoms with Gasteiger partial charge in [0, 0.05) is 13.0 Å². The van der Waals surface area contributed by atoms with E-state index in [1.807, 2.05) is 0 Å². The summed E-state index contributed by atoms with van der Waals surface area (Å²) in [6.07, 6.45) is 20.5. The van der Waals surface area contributed by atoms with E-state index in [4.69, 9.17) is 4.74 Å². The van der Waals surface area contributed by atoms with E-state index < -0.39 is 0 Å². The number of ether oxygens (including phenoxy) is 1. The van der Waals surface area contributed by atoms with Crippen LogP contribution in [0.2, 0.25) is 0 Å². The van der Waals surface area contributed by atoms with Gasteiger partial charge in [0.15, 0.2) is 6.73 Å². The van der Waals surface area contributed by atoms with Crippen molar-refractivity contribution in [1.82, 2.24) is 5.32 Å². The number of rotatable bonds is 17. The van der Waals surface area contributed by atoms with E-state index >= 15 is 0 Å². The van der Waals surface area contributed by atoms with Crippen LogP contribution in [0.4, 0.5) is 0 Å². The standard InChI is InChI=1S/C25H41NO.ClH/c1-3-5-6-7-8-9-10-11-12-13-14-18-21-25(26-23-27-22-4-2)24-19-16-15-17-20-24;/h15-17,19-20,25-26H,3,5-14,18,21,23H2,1-2H3;1H. The molecule has 0 aliphatic carbocycles. The van der Waals surface area contributed by atoms with Gasteiger partial charge in [-0.2, -0.15) is 0 Å². The average Bonchev–Trinajstić information content (AvgIpc) is 2.71. The van der Waals surface area contributed by atoms with Crippen LogP contribution in [0, 0.1) is 12.0 Å². The molecule has 0 saturated carbocycles. The maximum atomic E-state index is 5.28. The van der Waals surface area contributed by atoms with E-state index in [0.717, 1.165) is 6.42 Å². The zero-order valence-corrected chi connectivity index (χ0v) is 19.0. The predicted molar refractivity (Wildman–Crippen MR) is 125 cm³/mol. The predicted octanol–water partition coefficient (Wildman–Crippen LogP) is 7.79. The van der Waals surface area contributed by atoms with Gasteiger partial charge in [0.1, 0.15) is 6.11 Å². The van der Waals surface area contributed by atoms with Crippen molar-refractivity contribution in [1.29, 1.82) is 0 Å². The molecule has 3 heteroatoms. The fourth-order valence-electron chi connectivity index (χ4n) is 3.51. The van der Waals surface area contributed by atoms with E-state index in [1.54, 1.807) is 6.92 Å². The minimum atomic E-state index is 0. The van der Waals surface area contributed by atoms with Crippen molar-refractivity contribution in [3.63, 3.8) is 0 Å². The van der Waals surface area contributed by atoms with Crippen LogP contribution in [0.3, 0.4) is 0 Å². The lowest BCUT2D eigenvalue weighted by Crippen LogP contribution is -2.23. The van der Waals surface area contributed by atoms with Gasteiger partial charge in [-0.1, -0.05) is 120 Å². The highest BCUT2D eigenvalue weighted by molar-refractivity contribution is 5.85. The largest absolute Gasteiger partial charge is 0.431 e. The SMILES string of the molecule is CC#COCNC(CCCCCCCCCCCCCC)c1ccccc1.Cl. The van der Waals surface area contributed by atoms with E-state index in [-0.39, 0.29) is 12.4 Å². The molecule has 0 fully saturated rings. The molecule has 0 aliphatic rings. The lowest BCUT2D eigenvalue weighted by molar-refractivity contribution is 0.225. The molecule has 1 unspecified atom stereocenters. The van der Waals surface area contributed by atoms with Crippen molar-refractivity contribution in [3.05, 3.63) is 35.9 Å². The van der Waals surface area contributed by atoms with Crippen LogP contribution < -0.4 is 5.32 Å². The summed E-state index contributed by atoms with van der Waals surface area (Å²) < 4.78 is 5.28. The Hall–Kier alpha value is -1.17. The molecule has 1 aromatic carbocycles. The van der Waals surface area contributed by atoms with Gasteiger partial charge in [0.2, 0.25) is 0 Å². The molecule has 0 heterocycles. The zero-order valence-electron chi connectivity index (χ0n) is 18.2. The van der Waals surface area contributed by atoms with Gasteiger partial charge in [0.05, 0.1) is 0 Å². The molecule has 160 valence electrons. The third-order valence-corrected chi connectivity index (χ3v) is 5.12. The van der Waals surface area contributed by atoms with Crippen molar-refractivity contribution >= 4 is 12.4 Å². The van der Waals surface area contributed by atoms with E-state index in [2.05, 4.69) is 54.6 Å². The Morgan fingerprint density at radius 1 is 0.821 bits per heavy atom. The Balaban J connectivity index is 0.00000729. The Labute approximate surface area is 180 Å². The summed E-state index contributed by atoms with van der Waals surface area (Å²) in [5, 5.41) is 3.49. The molecule has 0 aromatic heterocycles. The van der Waals surface area contributed by atoms with E-state index in [0.29, 0.717) is 12.8 Å². The second-order valence-electron chi connectivity index (χ2n) is 7.49. The normalized spacial score (nSPS) is 11.2. The first kappa shape index (κ1) is 26.8. The topological polar surface area (TPSA) is 21.3 Å². The lowest BCUT2D eigenvalue weighted by Gasteiger charge is -2.18. The third kappa shape index (κ3) is 14.8. The number of hydrogen-bond acceptors (Lipinski definition) is 2. The molecule has 0 amide bonds. The Morgan fingerprint density at radius 3 is 1.89 bits per heavy atom. The van der Waals surface area contributed by atoms with Crippen LogP contribution in [-0.4, -0.2) is 6.73 Å². The van der Waals surface area contributed by atoms with Crippen molar-refractivity contribution in [2.75, 3.05) is 6.73 Å². The number of halogens is 1. The average molecular weight is 408 g/mol. The van der Waals surface area contributed by atoms with Crippen LogP contribution in [0.1, 0.15) is 109 Å². The zero-order chi connectivity index (χ0) is 19.4. The highest BCUT2D eigenvalue weighted by Crippen LogP contribution is 2.20. The van der Waals surface area contributed by atoms with Crippen molar-refractivity contribution in [2.45, 2.75) is 103 Å². The van der Waals surface area contributed by atoms with Gasteiger partial charge in [-0.25, -0.2) is 0 Å². The first-order valence-electron chi connectivity index (χ1n) is 11.2. The summed E-state index contributed by atoms with van der Waals surface area (Å²) >= 11 is 0. The second kappa shape index (κ2) is 20.6. The minimum Gasteiger partial charge on any atom is -0.431 e. The lowest BCUT2D eigenvalue weighted by atomic mass is 9.99. The first-order chi connectivity index (χ1) is 13.4. The number of hydrogen-bond donors (Lipinski definition) is 1. The number of nitrogens with one attached hydrogen (secondary N) is 1. The van der Waals surface area contributed by atoms with Gasteiger partial charge in [-0.15, -0.1) is 12.4 Å². The van der Waals surface area contributed by atoms with Crippen molar-refractivity contribution in [3.8, 4) is 12.0 Å².